The van der Waals surface area contributed by atoms with Crippen molar-refractivity contribution >= 4 is 5.91 Å². The fourth-order valence-electron chi connectivity index (χ4n) is 1.76. The van der Waals surface area contributed by atoms with E-state index in [2.05, 4.69) is 12.2 Å². The Bertz CT molecular complexity index is 375. The van der Waals surface area contributed by atoms with Gasteiger partial charge in [-0.2, -0.15) is 0 Å². The molecule has 2 N–H and O–H groups in total. The van der Waals surface area contributed by atoms with Crippen LogP contribution in [-0.2, 0) is 11.2 Å². The largest absolute Gasteiger partial charge is 0.484 e. The standard InChI is InChI=1S/C15H23NO3/c1-3-13-6-8-14(9-7-13)19-11-15(18)16-12(2)5-4-10-17/h6-9,12,17H,3-5,10-11H2,1-2H3,(H,16,18). The molecule has 4 heteroatoms. The van der Waals surface area contributed by atoms with Crippen LogP contribution >= 0.6 is 0 Å². The number of amides is 1. The van der Waals surface area contributed by atoms with Crippen LogP contribution in [0.15, 0.2) is 24.3 Å². The van der Waals surface area contributed by atoms with E-state index >= 15 is 0 Å². The summed E-state index contributed by atoms with van der Waals surface area (Å²) in [6.07, 6.45) is 2.46. The summed E-state index contributed by atoms with van der Waals surface area (Å²) in [4.78, 5) is 11.6. The van der Waals surface area contributed by atoms with Gasteiger partial charge in [-0.15, -0.1) is 0 Å². The molecular weight excluding hydrogens is 242 g/mol. The minimum atomic E-state index is -0.134. The van der Waals surface area contributed by atoms with Crippen LogP contribution in [-0.4, -0.2) is 30.3 Å². The zero-order valence-electron chi connectivity index (χ0n) is 11.7. The molecule has 1 atom stereocenters. The summed E-state index contributed by atoms with van der Waals surface area (Å²) in [7, 11) is 0. The maximum Gasteiger partial charge on any atom is 0.258 e. The van der Waals surface area contributed by atoms with Crippen LogP contribution in [0.4, 0.5) is 0 Å². The number of hydrogen-bond acceptors (Lipinski definition) is 3. The quantitative estimate of drug-likeness (QED) is 0.755. The van der Waals surface area contributed by atoms with Crippen molar-refractivity contribution < 1.29 is 14.6 Å². The van der Waals surface area contributed by atoms with Gasteiger partial charge in [-0.05, 0) is 43.9 Å². The Morgan fingerprint density at radius 2 is 2.05 bits per heavy atom. The van der Waals surface area contributed by atoms with E-state index in [1.165, 1.54) is 5.56 Å². The minimum absolute atomic E-state index is 0.0228. The molecule has 0 saturated heterocycles. The average molecular weight is 265 g/mol. The van der Waals surface area contributed by atoms with Gasteiger partial charge < -0.3 is 15.2 Å². The number of hydrogen-bond donors (Lipinski definition) is 2. The molecule has 0 spiro atoms. The molecule has 0 bridgehead atoms. The number of aliphatic hydroxyl groups excluding tert-OH is 1. The Kier molecular flexibility index (Phi) is 6.97. The van der Waals surface area contributed by atoms with Gasteiger partial charge in [0, 0.05) is 12.6 Å². The monoisotopic (exact) mass is 265 g/mol. The number of carbonyl (C=O) groups is 1. The van der Waals surface area contributed by atoms with Gasteiger partial charge in [-0.25, -0.2) is 0 Å². The van der Waals surface area contributed by atoms with Crippen LogP contribution in [0.25, 0.3) is 0 Å². The van der Waals surface area contributed by atoms with Crippen molar-refractivity contribution in [1.82, 2.24) is 5.32 Å². The lowest BCUT2D eigenvalue weighted by atomic mass is 10.2. The summed E-state index contributed by atoms with van der Waals surface area (Å²) in [5.41, 5.74) is 1.24. The predicted molar refractivity (Wildman–Crippen MR) is 75.2 cm³/mol. The molecule has 1 amide bonds. The Morgan fingerprint density at radius 3 is 2.63 bits per heavy atom. The van der Waals surface area contributed by atoms with Crippen LogP contribution in [0, 0.1) is 0 Å². The number of rotatable bonds is 8. The molecule has 19 heavy (non-hydrogen) atoms. The molecule has 0 aliphatic rings. The normalized spacial score (nSPS) is 11.9. The van der Waals surface area contributed by atoms with Gasteiger partial charge in [0.15, 0.2) is 6.61 Å². The SMILES string of the molecule is CCc1ccc(OCC(=O)NC(C)CCCO)cc1. The second-order valence-corrected chi connectivity index (χ2v) is 4.62. The molecule has 0 aromatic heterocycles. The molecule has 106 valence electrons. The summed E-state index contributed by atoms with van der Waals surface area (Å²) in [5, 5.41) is 11.5. The molecule has 1 unspecified atom stereocenters. The van der Waals surface area contributed by atoms with Crippen LogP contribution < -0.4 is 10.1 Å². The summed E-state index contributed by atoms with van der Waals surface area (Å²) < 4.78 is 5.41. The van der Waals surface area contributed by atoms with Gasteiger partial charge in [0.2, 0.25) is 0 Å². The Balaban J connectivity index is 2.28. The summed E-state index contributed by atoms with van der Waals surface area (Å²) in [6, 6.07) is 7.81. The predicted octanol–water partition coefficient (Wildman–Crippen LogP) is 1.90. The fourth-order valence-corrected chi connectivity index (χ4v) is 1.76. The third kappa shape index (κ3) is 6.25. The van der Waals surface area contributed by atoms with Crippen LogP contribution in [0.3, 0.4) is 0 Å². The molecule has 1 rings (SSSR count). The summed E-state index contributed by atoms with van der Waals surface area (Å²) in [6.45, 7) is 4.19. The van der Waals surface area contributed by atoms with E-state index < -0.39 is 0 Å². The first kappa shape index (κ1) is 15.5. The van der Waals surface area contributed by atoms with Crippen molar-refractivity contribution in [2.45, 2.75) is 39.2 Å². The molecule has 1 aromatic carbocycles. The first-order valence-corrected chi connectivity index (χ1v) is 6.77. The number of aryl methyl sites for hydroxylation is 1. The van der Waals surface area contributed by atoms with Gasteiger partial charge in [0.05, 0.1) is 0 Å². The zero-order chi connectivity index (χ0) is 14.1. The molecule has 4 nitrogen and oxygen atoms in total. The van der Waals surface area contributed by atoms with Crippen molar-refractivity contribution in [2.75, 3.05) is 13.2 Å². The Labute approximate surface area is 114 Å². The fraction of sp³-hybridized carbons (Fsp3) is 0.533. The highest BCUT2D eigenvalue weighted by molar-refractivity contribution is 5.77. The second kappa shape index (κ2) is 8.53. The highest BCUT2D eigenvalue weighted by Crippen LogP contribution is 2.12. The molecule has 0 fully saturated rings. The lowest BCUT2D eigenvalue weighted by Crippen LogP contribution is -2.36. The highest BCUT2D eigenvalue weighted by atomic mass is 16.5. The first-order valence-electron chi connectivity index (χ1n) is 6.77. The number of benzene rings is 1. The van der Waals surface area contributed by atoms with Crippen molar-refractivity contribution in [2.24, 2.45) is 0 Å². The van der Waals surface area contributed by atoms with Crippen molar-refractivity contribution in [1.29, 1.82) is 0 Å². The summed E-state index contributed by atoms with van der Waals surface area (Å²) >= 11 is 0. The molecule has 0 aliphatic heterocycles. The molecule has 0 heterocycles. The second-order valence-electron chi connectivity index (χ2n) is 4.62. The van der Waals surface area contributed by atoms with E-state index in [4.69, 9.17) is 9.84 Å². The maximum absolute atomic E-state index is 11.6. The maximum atomic E-state index is 11.6. The van der Waals surface area contributed by atoms with Gasteiger partial charge in [0.25, 0.3) is 5.91 Å². The van der Waals surface area contributed by atoms with Gasteiger partial charge in [-0.3, -0.25) is 4.79 Å². The molecule has 0 radical (unpaired) electrons. The van der Waals surface area contributed by atoms with Gasteiger partial charge >= 0.3 is 0 Å². The number of nitrogens with one attached hydrogen (secondary N) is 1. The van der Waals surface area contributed by atoms with Crippen molar-refractivity contribution in [3.8, 4) is 5.75 Å². The summed E-state index contributed by atoms with van der Waals surface area (Å²) in [5.74, 6) is 0.570. The highest BCUT2D eigenvalue weighted by Gasteiger charge is 2.07. The Hall–Kier alpha value is -1.55. The van der Waals surface area contributed by atoms with Crippen LogP contribution in [0.5, 0.6) is 5.75 Å². The lowest BCUT2D eigenvalue weighted by Gasteiger charge is -2.13. The third-order valence-corrected chi connectivity index (χ3v) is 2.90. The van der Waals surface area contributed by atoms with Gasteiger partial charge in [-0.1, -0.05) is 19.1 Å². The molecule has 0 aliphatic carbocycles. The molecular formula is C15H23NO3. The van der Waals surface area contributed by atoms with Crippen molar-refractivity contribution in [3.63, 3.8) is 0 Å². The topological polar surface area (TPSA) is 58.6 Å². The number of aliphatic hydroxyl groups is 1. The Morgan fingerprint density at radius 1 is 1.37 bits per heavy atom. The average Bonchev–Trinajstić information content (AvgIpc) is 2.43. The van der Waals surface area contributed by atoms with E-state index in [1.54, 1.807) is 0 Å². The smallest absolute Gasteiger partial charge is 0.258 e. The van der Waals surface area contributed by atoms with E-state index in [0.717, 1.165) is 12.8 Å². The molecule has 0 saturated carbocycles. The first-order chi connectivity index (χ1) is 9.15. The molecule has 1 aromatic rings. The lowest BCUT2D eigenvalue weighted by molar-refractivity contribution is -0.123. The zero-order valence-corrected chi connectivity index (χ0v) is 11.7. The minimum Gasteiger partial charge on any atom is -0.484 e. The van der Waals surface area contributed by atoms with Crippen LogP contribution in [0.1, 0.15) is 32.3 Å². The van der Waals surface area contributed by atoms with E-state index in [1.807, 2.05) is 31.2 Å². The van der Waals surface area contributed by atoms with E-state index in [0.29, 0.717) is 12.2 Å². The number of carbonyl (C=O) groups excluding carboxylic acids is 1. The van der Waals surface area contributed by atoms with Gasteiger partial charge in [0.1, 0.15) is 5.75 Å². The van der Waals surface area contributed by atoms with E-state index in [-0.39, 0.29) is 25.2 Å². The van der Waals surface area contributed by atoms with E-state index in [9.17, 15) is 4.79 Å². The van der Waals surface area contributed by atoms with Crippen LogP contribution in [0.2, 0.25) is 0 Å². The van der Waals surface area contributed by atoms with Crippen molar-refractivity contribution in [3.05, 3.63) is 29.8 Å². The third-order valence-electron chi connectivity index (χ3n) is 2.90. The number of ether oxygens (including phenoxy) is 1.